The lowest BCUT2D eigenvalue weighted by Gasteiger charge is -2.08. The average Bonchev–Trinajstić information content (AvgIpc) is 2.35. The largest absolute Gasteiger partial charge is 0.493 e. The molecule has 1 aromatic carbocycles. The molecule has 0 atom stereocenters. The second kappa shape index (κ2) is 7.48. The minimum atomic E-state index is -1.18. The van der Waals surface area contributed by atoms with Gasteiger partial charge in [0.25, 0.3) is 0 Å². The van der Waals surface area contributed by atoms with Crippen LogP contribution in [0, 0.1) is 5.82 Å². The Morgan fingerprint density at radius 2 is 2.17 bits per heavy atom. The molecule has 0 aliphatic rings. The van der Waals surface area contributed by atoms with Crippen molar-refractivity contribution < 1.29 is 19.0 Å². The number of aromatic carboxylic acids is 1. The zero-order valence-electron chi connectivity index (χ0n) is 10.2. The molecule has 0 heterocycles. The maximum absolute atomic E-state index is 12.9. The lowest BCUT2D eigenvalue weighted by atomic mass is 10.2. The van der Waals surface area contributed by atoms with Crippen LogP contribution in [0.4, 0.5) is 4.39 Å². The molecule has 0 saturated carbocycles. The molecule has 0 unspecified atom stereocenters. The maximum atomic E-state index is 12.9. The SMILES string of the molecule is C=CCCCCCOc1ccc(F)cc1C(=O)O. The molecule has 0 aliphatic carbocycles. The third-order valence-electron chi connectivity index (χ3n) is 2.48. The monoisotopic (exact) mass is 252 g/mol. The molecule has 0 spiro atoms. The lowest BCUT2D eigenvalue weighted by Crippen LogP contribution is -2.05. The molecule has 3 nitrogen and oxygen atoms in total. The molecule has 0 aliphatic heterocycles. The van der Waals surface area contributed by atoms with Crippen LogP contribution in [0.2, 0.25) is 0 Å². The van der Waals surface area contributed by atoms with Crippen molar-refractivity contribution in [3.63, 3.8) is 0 Å². The number of benzene rings is 1. The Balaban J connectivity index is 2.46. The number of allylic oxidation sites excluding steroid dienone is 1. The summed E-state index contributed by atoms with van der Waals surface area (Å²) in [7, 11) is 0. The van der Waals surface area contributed by atoms with Crippen molar-refractivity contribution in [1.29, 1.82) is 0 Å². The Morgan fingerprint density at radius 3 is 2.83 bits per heavy atom. The van der Waals surface area contributed by atoms with Crippen LogP contribution in [-0.4, -0.2) is 17.7 Å². The van der Waals surface area contributed by atoms with E-state index in [4.69, 9.17) is 9.84 Å². The molecule has 0 saturated heterocycles. The van der Waals surface area contributed by atoms with Crippen molar-refractivity contribution in [3.05, 3.63) is 42.2 Å². The Morgan fingerprint density at radius 1 is 1.39 bits per heavy atom. The number of halogens is 1. The number of unbranched alkanes of at least 4 members (excludes halogenated alkanes) is 3. The summed E-state index contributed by atoms with van der Waals surface area (Å²) in [5.41, 5.74) is -0.138. The second-order valence-corrected chi connectivity index (χ2v) is 3.93. The summed E-state index contributed by atoms with van der Waals surface area (Å²) >= 11 is 0. The number of hydrogen-bond acceptors (Lipinski definition) is 2. The molecule has 98 valence electrons. The van der Waals surface area contributed by atoms with Gasteiger partial charge in [-0.2, -0.15) is 0 Å². The second-order valence-electron chi connectivity index (χ2n) is 3.93. The van der Waals surface area contributed by atoms with Crippen LogP contribution in [0.25, 0.3) is 0 Å². The molecule has 0 radical (unpaired) electrons. The Hall–Kier alpha value is -1.84. The molecular weight excluding hydrogens is 235 g/mol. The summed E-state index contributed by atoms with van der Waals surface area (Å²) in [6, 6.07) is 3.51. The fraction of sp³-hybridized carbons (Fsp3) is 0.357. The highest BCUT2D eigenvalue weighted by molar-refractivity contribution is 5.90. The van der Waals surface area contributed by atoms with Gasteiger partial charge < -0.3 is 9.84 Å². The van der Waals surface area contributed by atoms with Gasteiger partial charge in [-0.05, 0) is 43.9 Å². The molecular formula is C14H17FO3. The van der Waals surface area contributed by atoms with E-state index in [0.717, 1.165) is 31.7 Å². The molecule has 0 amide bonds. The number of rotatable bonds is 8. The topological polar surface area (TPSA) is 46.5 Å². The summed E-state index contributed by atoms with van der Waals surface area (Å²) in [5, 5.41) is 8.91. The number of carboxylic acids is 1. The quantitative estimate of drug-likeness (QED) is 0.567. The zero-order valence-corrected chi connectivity index (χ0v) is 10.2. The summed E-state index contributed by atoms with van der Waals surface area (Å²) < 4.78 is 18.3. The highest BCUT2D eigenvalue weighted by Crippen LogP contribution is 2.20. The first kappa shape index (κ1) is 14.2. The van der Waals surface area contributed by atoms with Crippen LogP contribution in [-0.2, 0) is 0 Å². The van der Waals surface area contributed by atoms with Crippen LogP contribution in [0.3, 0.4) is 0 Å². The van der Waals surface area contributed by atoms with Gasteiger partial charge in [0.2, 0.25) is 0 Å². The van der Waals surface area contributed by atoms with Gasteiger partial charge in [0, 0.05) is 0 Å². The van der Waals surface area contributed by atoms with E-state index >= 15 is 0 Å². The van der Waals surface area contributed by atoms with Crippen molar-refractivity contribution in [2.75, 3.05) is 6.61 Å². The summed E-state index contributed by atoms with van der Waals surface area (Å²) in [4.78, 5) is 10.9. The number of carboxylic acid groups (broad SMARTS) is 1. The van der Waals surface area contributed by atoms with Gasteiger partial charge in [-0.25, -0.2) is 9.18 Å². The van der Waals surface area contributed by atoms with E-state index in [9.17, 15) is 9.18 Å². The molecule has 18 heavy (non-hydrogen) atoms. The van der Waals surface area contributed by atoms with Crippen molar-refractivity contribution >= 4 is 5.97 Å². The smallest absolute Gasteiger partial charge is 0.339 e. The van der Waals surface area contributed by atoms with Gasteiger partial charge >= 0.3 is 5.97 Å². The first-order valence-electron chi connectivity index (χ1n) is 5.91. The predicted octanol–water partition coefficient (Wildman–Crippen LogP) is 3.65. The van der Waals surface area contributed by atoms with E-state index < -0.39 is 11.8 Å². The average molecular weight is 252 g/mol. The van der Waals surface area contributed by atoms with Gasteiger partial charge in [0.1, 0.15) is 17.1 Å². The fourth-order valence-corrected chi connectivity index (χ4v) is 1.54. The van der Waals surface area contributed by atoms with E-state index in [0.29, 0.717) is 6.61 Å². The van der Waals surface area contributed by atoms with E-state index in [1.165, 1.54) is 12.1 Å². The van der Waals surface area contributed by atoms with Crippen LogP contribution in [0.5, 0.6) is 5.75 Å². The molecule has 0 bridgehead atoms. The van der Waals surface area contributed by atoms with Gasteiger partial charge in [-0.1, -0.05) is 6.08 Å². The number of hydrogen-bond donors (Lipinski definition) is 1. The molecule has 1 aromatic rings. The molecule has 0 fully saturated rings. The minimum Gasteiger partial charge on any atom is -0.493 e. The van der Waals surface area contributed by atoms with E-state index in [1.807, 2.05) is 6.08 Å². The van der Waals surface area contributed by atoms with Crippen LogP contribution >= 0.6 is 0 Å². The first-order chi connectivity index (χ1) is 8.65. The van der Waals surface area contributed by atoms with Gasteiger partial charge in [0.05, 0.1) is 6.61 Å². The third kappa shape index (κ3) is 4.57. The highest BCUT2D eigenvalue weighted by Gasteiger charge is 2.12. The highest BCUT2D eigenvalue weighted by atomic mass is 19.1. The predicted molar refractivity (Wildman–Crippen MR) is 67.5 cm³/mol. The zero-order chi connectivity index (χ0) is 13.4. The lowest BCUT2D eigenvalue weighted by molar-refractivity contribution is 0.0691. The van der Waals surface area contributed by atoms with E-state index in [-0.39, 0.29) is 11.3 Å². The Labute approximate surface area is 106 Å². The standard InChI is InChI=1S/C14H17FO3/c1-2-3-4-5-6-9-18-13-8-7-11(15)10-12(13)14(16)17/h2,7-8,10H,1,3-6,9H2,(H,16,17). The molecule has 1 N–H and O–H groups in total. The number of carbonyl (C=O) groups is 1. The number of ether oxygens (including phenoxy) is 1. The first-order valence-corrected chi connectivity index (χ1v) is 5.91. The summed E-state index contributed by atoms with van der Waals surface area (Å²) in [6.07, 6.45) is 5.71. The van der Waals surface area contributed by atoms with Crippen molar-refractivity contribution in [2.45, 2.75) is 25.7 Å². The Kier molecular flexibility index (Phi) is 5.91. The van der Waals surface area contributed by atoms with Crippen LogP contribution in [0.15, 0.2) is 30.9 Å². The van der Waals surface area contributed by atoms with Gasteiger partial charge in [-0.3, -0.25) is 0 Å². The van der Waals surface area contributed by atoms with Crippen molar-refractivity contribution in [1.82, 2.24) is 0 Å². The van der Waals surface area contributed by atoms with E-state index in [1.54, 1.807) is 0 Å². The molecule has 0 aromatic heterocycles. The van der Waals surface area contributed by atoms with Gasteiger partial charge in [-0.15, -0.1) is 6.58 Å². The molecule has 4 heteroatoms. The van der Waals surface area contributed by atoms with Crippen LogP contribution < -0.4 is 4.74 Å². The van der Waals surface area contributed by atoms with Gasteiger partial charge in [0.15, 0.2) is 0 Å². The minimum absolute atomic E-state index is 0.138. The van der Waals surface area contributed by atoms with Crippen molar-refractivity contribution in [3.8, 4) is 5.75 Å². The maximum Gasteiger partial charge on any atom is 0.339 e. The van der Waals surface area contributed by atoms with Crippen molar-refractivity contribution in [2.24, 2.45) is 0 Å². The Bertz CT molecular complexity index is 416. The van der Waals surface area contributed by atoms with Crippen LogP contribution in [0.1, 0.15) is 36.0 Å². The third-order valence-corrected chi connectivity index (χ3v) is 2.48. The summed E-state index contributed by atoms with van der Waals surface area (Å²) in [5.74, 6) is -1.55. The fourth-order valence-electron chi connectivity index (χ4n) is 1.54. The van der Waals surface area contributed by atoms with E-state index in [2.05, 4.69) is 6.58 Å². The summed E-state index contributed by atoms with van der Waals surface area (Å²) in [6.45, 7) is 4.07. The normalized spacial score (nSPS) is 10.1. The molecule has 1 rings (SSSR count).